The normalized spacial score (nSPS) is 13.0. The van der Waals surface area contributed by atoms with Gasteiger partial charge in [0, 0.05) is 18.8 Å². The van der Waals surface area contributed by atoms with E-state index in [0.29, 0.717) is 0 Å². The van der Waals surface area contributed by atoms with Gasteiger partial charge in [-0.15, -0.1) is 5.10 Å². The first-order valence-corrected chi connectivity index (χ1v) is 4.33. The SMILES string of the molecule is CNC(c1cn[nH]c1)c1cnnn1C. The highest BCUT2D eigenvalue weighted by molar-refractivity contribution is 5.21. The zero-order chi connectivity index (χ0) is 9.97. The van der Waals surface area contributed by atoms with Gasteiger partial charge in [0.25, 0.3) is 0 Å². The summed E-state index contributed by atoms with van der Waals surface area (Å²) in [5.74, 6) is 0. The van der Waals surface area contributed by atoms with Crippen molar-refractivity contribution >= 4 is 0 Å². The first-order chi connectivity index (χ1) is 6.83. The molecule has 6 heteroatoms. The number of aromatic amines is 1. The van der Waals surface area contributed by atoms with Crippen molar-refractivity contribution in [2.24, 2.45) is 7.05 Å². The molecule has 0 bridgehead atoms. The van der Waals surface area contributed by atoms with Crippen LogP contribution in [0, 0.1) is 0 Å². The summed E-state index contributed by atoms with van der Waals surface area (Å²) in [5, 5.41) is 17.6. The third-order valence-electron chi connectivity index (χ3n) is 2.19. The van der Waals surface area contributed by atoms with E-state index in [0.717, 1.165) is 11.3 Å². The second kappa shape index (κ2) is 3.59. The molecule has 0 fully saturated rings. The number of hydrogen-bond donors (Lipinski definition) is 2. The second-order valence-electron chi connectivity index (χ2n) is 3.04. The summed E-state index contributed by atoms with van der Waals surface area (Å²) in [7, 11) is 3.76. The molecule has 2 aromatic heterocycles. The molecule has 0 saturated heterocycles. The molecule has 2 rings (SSSR count). The van der Waals surface area contributed by atoms with Crippen molar-refractivity contribution in [2.45, 2.75) is 6.04 Å². The number of H-pyrrole nitrogens is 1. The minimum Gasteiger partial charge on any atom is -0.308 e. The molecule has 1 unspecified atom stereocenters. The smallest absolute Gasteiger partial charge is 0.0799 e. The zero-order valence-electron chi connectivity index (χ0n) is 8.10. The van der Waals surface area contributed by atoms with Crippen LogP contribution >= 0.6 is 0 Å². The lowest BCUT2D eigenvalue weighted by molar-refractivity contribution is 0.598. The summed E-state index contributed by atoms with van der Waals surface area (Å²) >= 11 is 0. The maximum absolute atomic E-state index is 3.92. The highest BCUT2D eigenvalue weighted by atomic mass is 15.4. The Morgan fingerprint density at radius 3 is 2.86 bits per heavy atom. The van der Waals surface area contributed by atoms with Crippen molar-refractivity contribution in [3.63, 3.8) is 0 Å². The zero-order valence-corrected chi connectivity index (χ0v) is 8.10. The van der Waals surface area contributed by atoms with E-state index in [1.807, 2.05) is 20.3 Å². The summed E-state index contributed by atoms with van der Waals surface area (Å²) in [6, 6.07) is 0.0775. The molecule has 2 aromatic rings. The van der Waals surface area contributed by atoms with E-state index in [2.05, 4.69) is 25.8 Å². The Labute approximate surface area is 81.3 Å². The lowest BCUT2D eigenvalue weighted by Gasteiger charge is -2.13. The van der Waals surface area contributed by atoms with Crippen LogP contribution in [0.3, 0.4) is 0 Å². The van der Waals surface area contributed by atoms with Gasteiger partial charge in [-0.2, -0.15) is 5.10 Å². The molecule has 0 spiro atoms. The third-order valence-corrected chi connectivity index (χ3v) is 2.19. The third kappa shape index (κ3) is 1.39. The monoisotopic (exact) mass is 192 g/mol. The molecule has 0 amide bonds. The van der Waals surface area contributed by atoms with Crippen LogP contribution in [-0.4, -0.2) is 32.2 Å². The average Bonchev–Trinajstić information content (AvgIpc) is 2.80. The molecule has 74 valence electrons. The fourth-order valence-corrected chi connectivity index (χ4v) is 1.46. The maximum Gasteiger partial charge on any atom is 0.0799 e. The quantitative estimate of drug-likeness (QED) is 0.709. The predicted octanol–water partition coefficient (Wildman–Crippen LogP) is -0.153. The van der Waals surface area contributed by atoms with E-state index >= 15 is 0 Å². The van der Waals surface area contributed by atoms with Gasteiger partial charge in [-0.25, -0.2) is 0 Å². The summed E-state index contributed by atoms with van der Waals surface area (Å²) in [4.78, 5) is 0. The summed E-state index contributed by atoms with van der Waals surface area (Å²) in [5.41, 5.74) is 2.08. The predicted molar refractivity (Wildman–Crippen MR) is 50.5 cm³/mol. The summed E-state index contributed by atoms with van der Waals surface area (Å²) < 4.78 is 1.74. The van der Waals surface area contributed by atoms with Gasteiger partial charge in [0.2, 0.25) is 0 Å². The Morgan fingerprint density at radius 1 is 1.50 bits per heavy atom. The molecule has 6 nitrogen and oxygen atoms in total. The fraction of sp³-hybridized carbons (Fsp3) is 0.375. The van der Waals surface area contributed by atoms with Crippen LogP contribution in [0.1, 0.15) is 17.3 Å². The molecule has 0 aliphatic rings. The Balaban J connectivity index is 2.36. The van der Waals surface area contributed by atoms with Gasteiger partial charge >= 0.3 is 0 Å². The molecule has 2 heterocycles. The Bertz CT molecular complexity index is 390. The average molecular weight is 192 g/mol. The topological polar surface area (TPSA) is 71.4 Å². The van der Waals surface area contributed by atoms with E-state index in [1.165, 1.54) is 0 Å². The van der Waals surface area contributed by atoms with E-state index in [-0.39, 0.29) is 6.04 Å². The number of nitrogens with one attached hydrogen (secondary N) is 2. The Morgan fingerprint density at radius 2 is 2.36 bits per heavy atom. The molecule has 0 saturated carbocycles. The molecule has 1 atom stereocenters. The number of aromatic nitrogens is 5. The van der Waals surface area contributed by atoms with Gasteiger partial charge in [-0.05, 0) is 7.05 Å². The molecule has 14 heavy (non-hydrogen) atoms. The fourth-order valence-electron chi connectivity index (χ4n) is 1.46. The van der Waals surface area contributed by atoms with Crippen molar-refractivity contribution in [3.05, 3.63) is 29.8 Å². The van der Waals surface area contributed by atoms with E-state index in [9.17, 15) is 0 Å². The summed E-state index contributed by atoms with van der Waals surface area (Å²) in [6.07, 6.45) is 5.39. The van der Waals surface area contributed by atoms with Gasteiger partial charge in [0.1, 0.15) is 0 Å². The standard InChI is InChI=1S/C8H12N6/c1-9-8(6-3-10-11-4-6)7-5-12-13-14(7)2/h3-5,8-9H,1-2H3,(H,10,11). The van der Waals surface area contributed by atoms with Crippen LogP contribution in [0.5, 0.6) is 0 Å². The van der Waals surface area contributed by atoms with Gasteiger partial charge in [-0.3, -0.25) is 9.78 Å². The van der Waals surface area contributed by atoms with Crippen molar-refractivity contribution < 1.29 is 0 Å². The Hall–Kier alpha value is -1.69. The van der Waals surface area contributed by atoms with Gasteiger partial charge in [0.05, 0.1) is 24.1 Å². The maximum atomic E-state index is 3.92. The second-order valence-corrected chi connectivity index (χ2v) is 3.04. The number of hydrogen-bond acceptors (Lipinski definition) is 4. The van der Waals surface area contributed by atoms with Gasteiger partial charge in [0.15, 0.2) is 0 Å². The van der Waals surface area contributed by atoms with Crippen LogP contribution in [0.25, 0.3) is 0 Å². The van der Waals surface area contributed by atoms with E-state index < -0.39 is 0 Å². The van der Waals surface area contributed by atoms with Crippen molar-refractivity contribution in [3.8, 4) is 0 Å². The van der Waals surface area contributed by atoms with E-state index in [1.54, 1.807) is 17.1 Å². The van der Waals surface area contributed by atoms with Gasteiger partial charge < -0.3 is 5.32 Å². The first kappa shape index (κ1) is 8.89. The Kier molecular flexibility index (Phi) is 2.28. The van der Waals surface area contributed by atoms with Crippen LogP contribution in [0.4, 0.5) is 0 Å². The summed E-state index contributed by atoms with van der Waals surface area (Å²) in [6.45, 7) is 0. The molecule has 0 aliphatic heterocycles. The minimum absolute atomic E-state index is 0.0775. The van der Waals surface area contributed by atoms with Crippen molar-refractivity contribution in [2.75, 3.05) is 7.05 Å². The highest BCUT2D eigenvalue weighted by Gasteiger charge is 2.16. The molecule has 0 radical (unpaired) electrons. The van der Waals surface area contributed by atoms with Crippen molar-refractivity contribution in [1.82, 2.24) is 30.5 Å². The largest absolute Gasteiger partial charge is 0.308 e. The highest BCUT2D eigenvalue weighted by Crippen LogP contribution is 2.18. The number of aryl methyl sites for hydroxylation is 1. The van der Waals surface area contributed by atoms with Crippen LogP contribution in [-0.2, 0) is 7.05 Å². The van der Waals surface area contributed by atoms with Crippen molar-refractivity contribution in [1.29, 1.82) is 0 Å². The lowest BCUT2D eigenvalue weighted by Crippen LogP contribution is -2.20. The lowest BCUT2D eigenvalue weighted by atomic mass is 10.1. The minimum atomic E-state index is 0.0775. The molecule has 0 aromatic carbocycles. The number of rotatable bonds is 3. The first-order valence-electron chi connectivity index (χ1n) is 4.33. The molecule has 0 aliphatic carbocycles. The van der Waals surface area contributed by atoms with Crippen LogP contribution in [0.2, 0.25) is 0 Å². The molecular formula is C8H12N6. The van der Waals surface area contributed by atoms with E-state index in [4.69, 9.17) is 0 Å². The molecule has 2 N–H and O–H groups in total. The number of nitrogens with zero attached hydrogens (tertiary/aromatic N) is 4. The van der Waals surface area contributed by atoms with Crippen LogP contribution < -0.4 is 5.32 Å². The van der Waals surface area contributed by atoms with Crippen LogP contribution in [0.15, 0.2) is 18.6 Å². The molecular weight excluding hydrogens is 180 g/mol. The van der Waals surface area contributed by atoms with Gasteiger partial charge in [-0.1, -0.05) is 5.21 Å².